The van der Waals surface area contributed by atoms with Crippen molar-refractivity contribution in [2.45, 2.75) is 6.92 Å². The highest BCUT2D eigenvalue weighted by Crippen LogP contribution is 2.26. The first-order chi connectivity index (χ1) is 18.5. The first-order valence-corrected chi connectivity index (χ1v) is 11.8. The van der Waals surface area contributed by atoms with Gasteiger partial charge < -0.3 is 5.32 Å². The van der Waals surface area contributed by atoms with Crippen molar-refractivity contribution < 1.29 is 4.79 Å². The summed E-state index contributed by atoms with van der Waals surface area (Å²) in [4.78, 5) is 30.5. The molecule has 186 valence electrons. The summed E-state index contributed by atoms with van der Waals surface area (Å²) in [6.07, 6.45) is 6.54. The molecule has 3 aromatic heterocycles. The van der Waals surface area contributed by atoms with Crippen LogP contribution in [0.3, 0.4) is 0 Å². The molecule has 0 spiro atoms. The van der Waals surface area contributed by atoms with Crippen LogP contribution in [-0.2, 0) is 11.8 Å². The number of para-hydroxylation sites is 2. The van der Waals surface area contributed by atoms with Gasteiger partial charge in [0.2, 0.25) is 0 Å². The molecular weight excluding hydrogens is 478 g/mol. The summed E-state index contributed by atoms with van der Waals surface area (Å²) in [6, 6.07) is 24.2. The Morgan fingerprint density at radius 3 is 2.24 bits per heavy atom. The van der Waals surface area contributed by atoms with Gasteiger partial charge in [0, 0.05) is 36.8 Å². The van der Waals surface area contributed by atoms with Crippen molar-refractivity contribution in [1.29, 1.82) is 5.26 Å². The molecule has 0 saturated carbocycles. The summed E-state index contributed by atoms with van der Waals surface area (Å²) >= 11 is 0. The molecule has 0 aliphatic carbocycles. The van der Waals surface area contributed by atoms with Gasteiger partial charge in [0.1, 0.15) is 23.0 Å². The summed E-state index contributed by atoms with van der Waals surface area (Å²) in [5.74, 6) is -0.688. The summed E-state index contributed by atoms with van der Waals surface area (Å²) in [6.45, 7) is 1.73. The number of hydrogen-bond donors (Lipinski definition) is 1. The van der Waals surface area contributed by atoms with E-state index in [1.54, 1.807) is 66.2 Å². The molecule has 5 rings (SSSR count). The monoisotopic (exact) mass is 501 g/mol. The predicted molar refractivity (Wildman–Crippen MR) is 145 cm³/mol. The van der Waals surface area contributed by atoms with Gasteiger partial charge in [-0.05, 0) is 49.4 Å². The van der Waals surface area contributed by atoms with Gasteiger partial charge in [-0.3, -0.25) is 19.3 Å². The zero-order valence-corrected chi connectivity index (χ0v) is 20.7. The van der Waals surface area contributed by atoms with Crippen LogP contribution in [0.4, 0.5) is 5.69 Å². The normalized spacial score (nSPS) is 11.2. The fourth-order valence-corrected chi connectivity index (χ4v) is 4.14. The van der Waals surface area contributed by atoms with Crippen LogP contribution in [0, 0.1) is 18.3 Å². The Morgan fingerprint density at radius 2 is 1.61 bits per heavy atom. The van der Waals surface area contributed by atoms with Gasteiger partial charge in [0.15, 0.2) is 0 Å². The van der Waals surface area contributed by atoms with E-state index in [2.05, 4.69) is 10.3 Å². The van der Waals surface area contributed by atoms with E-state index in [0.717, 1.165) is 11.3 Å². The summed E-state index contributed by atoms with van der Waals surface area (Å²) in [5.41, 5.74) is 3.52. The van der Waals surface area contributed by atoms with Crippen LogP contribution in [0.5, 0.6) is 0 Å². The van der Waals surface area contributed by atoms with Gasteiger partial charge in [-0.25, -0.2) is 9.36 Å². The van der Waals surface area contributed by atoms with Crippen LogP contribution in [0.25, 0.3) is 28.7 Å². The van der Waals surface area contributed by atoms with Crippen molar-refractivity contribution in [2.24, 2.45) is 7.05 Å². The molecule has 3 heterocycles. The van der Waals surface area contributed by atoms with Crippen LogP contribution in [-0.4, -0.2) is 30.0 Å². The highest BCUT2D eigenvalue weighted by Gasteiger charge is 2.21. The molecule has 0 saturated heterocycles. The summed E-state index contributed by atoms with van der Waals surface area (Å²) in [7, 11) is 1.74. The average molecular weight is 502 g/mol. The number of amides is 1. The van der Waals surface area contributed by atoms with E-state index in [9.17, 15) is 14.9 Å². The Labute approximate surface area is 218 Å². The lowest BCUT2D eigenvalue weighted by atomic mass is 10.1. The van der Waals surface area contributed by atoms with Crippen molar-refractivity contribution in [3.05, 3.63) is 119 Å². The quantitative estimate of drug-likeness (QED) is 0.276. The number of benzene rings is 2. The van der Waals surface area contributed by atoms with Gasteiger partial charge in [0.25, 0.3) is 11.5 Å². The Morgan fingerprint density at radius 1 is 0.974 bits per heavy atom. The summed E-state index contributed by atoms with van der Waals surface area (Å²) < 4.78 is 4.81. The van der Waals surface area contributed by atoms with E-state index in [-0.39, 0.29) is 11.3 Å². The minimum absolute atomic E-state index is 0.108. The van der Waals surface area contributed by atoms with Gasteiger partial charge in [-0.15, -0.1) is 0 Å². The molecule has 0 aliphatic rings. The molecule has 2 aromatic carbocycles. The summed E-state index contributed by atoms with van der Waals surface area (Å²) in [5, 5.41) is 17.3. The van der Waals surface area contributed by atoms with E-state index < -0.39 is 11.5 Å². The van der Waals surface area contributed by atoms with Crippen LogP contribution >= 0.6 is 0 Å². The van der Waals surface area contributed by atoms with Gasteiger partial charge in [0.05, 0.1) is 17.1 Å². The Bertz CT molecular complexity index is 1740. The minimum atomic E-state index is -0.688. The zero-order valence-electron chi connectivity index (χ0n) is 20.7. The Hall–Kier alpha value is -5.49. The van der Waals surface area contributed by atoms with Crippen LogP contribution in [0.15, 0.2) is 102 Å². The SMILES string of the molecule is Cc1c(NC(=O)/C(C#N)=C/c2cn(-c3ccccc3)nc2-c2ccncc2)c(=O)n(-c2ccccc2)n1C. The molecule has 1 amide bonds. The molecule has 0 bridgehead atoms. The number of carbonyl (C=O) groups is 1. The fourth-order valence-electron chi connectivity index (χ4n) is 4.14. The number of pyridine rings is 1. The number of carbonyl (C=O) groups excluding carboxylic acids is 1. The fraction of sp³-hybridized carbons (Fsp3) is 0.0690. The number of anilines is 1. The second kappa shape index (κ2) is 10.2. The molecular formula is C29H23N7O2. The maximum Gasteiger partial charge on any atom is 0.295 e. The third-order valence-corrected chi connectivity index (χ3v) is 6.17. The van der Waals surface area contributed by atoms with E-state index in [4.69, 9.17) is 5.10 Å². The van der Waals surface area contributed by atoms with Crippen molar-refractivity contribution in [3.8, 4) is 28.7 Å². The molecule has 0 unspecified atom stereocenters. The van der Waals surface area contributed by atoms with Crippen molar-refractivity contribution in [2.75, 3.05) is 5.32 Å². The second-order valence-electron chi connectivity index (χ2n) is 8.51. The first-order valence-electron chi connectivity index (χ1n) is 11.8. The highest BCUT2D eigenvalue weighted by atomic mass is 16.2. The molecule has 38 heavy (non-hydrogen) atoms. The Kier molecular flexibility index (Phi) is 6.53. The van der Waals surface area contributed by atoms with E-state index >= 15 is 0 Å². The first kappa shape index (κ1) is 24.2. The molecule has 0 radical (unpaired) electrons. The third-order valence-electron chi connectivity index (χ3n) is 6.17. The lowest BCUT2D eigenvalue weighted by Gasteiger charge is -2.07. The van der Waals surface area contributed by atoms with Crippen molar-refractivity contribution >= 4 is 17.7 Å². The number of aromatic nitrogens is 5. The zero-order chi connectivity index (χ0) is 26.6. The molecule has 1 N–H and O–H groups in total. The van der Waals surface area contributed by atoms with E-state index in [1.807, 2.05) is 54.6 Å². The number of hydrogen-bond acceptors (Lipinski definition) is 5. The van der Waals surface area contributed by atoms with E-state index in [0.29, 0.717) is 22.6 Å². The van der Waals surface area contributed by atoms with E-state index in [1.165, 1.54) is 10.8 Å². The van der Waals surface area contributed by atoms with Gasteiger partial charge in [-0.2, -0.15) is 10.4 Å². The van der Waals surface area contributed by atoms with Crippen LogP contribution in [0.1, 0.15) is 11.3 Å². The molecule has 9 heteroatoms. The lowest BCUT2D eigenvalue weighted by Crippen LogP contribution is -2.23. The molecule has 9 nitrogen and oxygen atoms in total. The molecule has 0 fully saturated rings. The maximum absolute atomic E-state index is 13.2. The topological polar surface area (TPSA) is 111 Å². The number of nitriles is 1. The maximum atomic E-state index is 13.2. The molecule has 0 aliphatic heterocycles. The van der Waals surface area contributed by atoms with Crippen LogP contribution < -0.4 is 10.9 Å². The van der Waals surface area contributed by atoms with Crippen molar-refractivity contribution in [3.63, 3.8) is 0 Å². The number of nitrogens with one attached hydrogen (secondary N) is 1. The standard InChI is InChI=1S/C29H23N7O2/c1-20-26(29(38)36(34(20)2)25-11-7-4-8-12-25)32-28(37)22(18-30)17-23-19-35(24-9-5-3-6-10-24)33-27(23)21-13-15-31-16-14-21/h3-17,19H,1-2H3,(H,32,37)/b22-17+. The average Bonchev–Trinajstić information content (AvgIpc) is 3.47. The smallest absolute Gasteiger partial charge is 0.295 e. The predicted octanol–water partition coefficient (Wildman–Crippen LogP) is 4.28. The number of rotatable bonds is 6. The lowest BCUT2D eigenvalue weighted by molar-refractivity contribution is -0.112. The van der Waals surface area contributed by atoms with Gasteiger partial charge >= 0.3 is 0 Å². The van der Waals surface area contributed by atoms with Crippen LogP contribution in [0.2, 0.25) is 0 Å². The second-order valence-corrected chi connectivity index (χ2v) is 8.51. The van der Waals surface area contributed by atoms with Gasteiger partial charge in [-0.1, -0.05) is 36.4 Å². The number of nitrogens with zero attached hydrogens (tertiary/aromatic N) is 6. The highest BCUT2D eigenvalue weighted by molar-refractivity contribution is 6.10. The Balaban J connectivity index is 1.54. The molecule has 5 aromatic rings. The van der Waals surface area contributed by atoms with Crippen molar-refractivity contribution in [1.82, 2.24) is 24.1 Å². The molecule has 0 atom stereocenters. The minimum Gasteiger partial charge on any atom is -0.315 e. The third kappa shape index (κ3) is 4.54. The largest absolute Gasteiger partial charge is 0.315 e.